The van der Waals surface area contributed by atoms with E-state index in [1.807, 2.05) is 0 Å². The van der Waals surface area contributed by atoms with Crippen LogP contribution >= 0.6 is 0 Å². The highest BCUT2D eigenvalue weighted by Gasteiger charge is 2.12. The van der Waals surface area contributed by atoms with E-state index in [2.05, 4.69) is 24.1 Å². The van der Waals surface area contributed by atoms with E-state index in [9.17, 15) is 0 Å². The first-order valence-electron chi connectivity index (χ1n) is 4.26. The van der Waals surface area contributed by atoms with Crippen LogP contribution in [0, 0.1) is 5.92 Å². The predicted molar refractivity (Wildman–Crippen MR) is 43.9 cm³/mol. The summed E-state index contributed by atoms with van der Waals surface area (Å²) in [5.74, 6) is 0.861. The van der Waals surface area contributed by atoms with Crippen LogP contribution in [0.5, 0.6) is 0 Å². The van der Waals surface area contributed by atoms with E-state index < -0.39 is 0 Å². The molecule has 1 heterocycles. The van der Waals surface area contributed by atoms with Crippen molar-refractivity contribution in [1.82, 2.24) is 10.2 Å². The summed E-state index contributed by atoms with van der Waals surface area (Å²) < 4.78 is 0. The van der Waals surface area contributed by atoms with Crippen LogP contribution in [0.2, 0.25) is 0 Å². The number of hydrogen-bond acceptors (Lipinski definition) is 2. The summed E-state index contributed by atoms with van der Waals surface area (Å²) in [5, 5.41) is 3.33. The molecule has 0 aliphatic carbocycles. The maximum Gasteiger partial charge on any atom is 0.0481 e. The fourth-order valence-electron chi connectivity index (χ4n) is 1.28. The SMILES string of the molecule is CCC(C)CN1CCNC1. The van der Waals surface area contributed by atoms with Crippen LogP contribution in [0.15, 0.2) is 0 Å². The second-order valence-electron chi connectivity index (χ2n) is 3.25. The zero-order valence-corrected chi connectivity index (χ0v) is 7.06. The molecule has 0 radical (unpaired) electrons. The highest BCUT2D eigenvalue weighted by Crippen LogP contribution is 2.04. The average molecular weight is 142 g/mol. The van der Waals surface area contributed by atoms with Crippen LogP contribution in [0.25, 0.3) is 0 Å². The highest BCUT2D eigenvalue weighted by atomic mass is 15.3. The molecule has 0 bridgehead atoms. The summed E-state index contributed by atoms with van der Waals surface area (Å²) in [5.41, 5.74) is 0. The monoisotopic (exact) mass is 142 g/mol. The van der Waals surface area contributed by atoms with Gasteiger partial charge in [0.25, 0.3) is 0 Å². The standard InChI is InChI=1S/C8H18N2/c1-3-8(2)6-10-5-4-9-7-10/h8-9H,3-7H2,1-2H3. The summed E-state index contributed by atoms with van der Waals surface area (Å²) in [6.45, 7) is 9.36. The molecule has 1 saturated heterocycles. The minimum Gasteiger partial charge on any atom is -0.303 e. The molecule has 1 atom stereocenters. The van der Waals surface area contributed by atoms with Crippen molar-refractivity contribution in [3.63, 3.8) is 0 Å². The first-order chi connectivity index (χ1) is 4.83. The Morgan fingerprint density at radius 3 is 2.90 bits per heavy atom. The summed E-state index contributed by atoms with van der Waals surface area (Å²) in [4.78, 5) is 2.48. The zero-order valence-electron chi connectivity index (χ0n) is 7.06. The molecular weight excluding hydrogens is 124 g/mol. The Kier molecular flexibility index (Phi) is 3.16. The van der Waals surface area contributed by atoms with Crippen molar-refractivity contribution in [2.75, 3.05) is 26.3 Å². The van der Waals surface area contributed by atoms with E-state index in [4.69, 9.17) is 0 Å². The van der Waals surface area contributed by atoms with Crippen LogP contribution in [-0.4, -0.2) is 31.2 Å². The van der Waals surface area contributed by atoms with Crippen molar-refractivity contribution in [3.05, 3.63) is 0 Å². The van der Waals surface area contributed by atoms with E-state index in [1.54, 1.807) is 0 Å². The molecule has 10 heavy (non-hydrogen) atoms. The Morgan fingerprint density at radius 1 is 1.60 bits per heavy atom. The molecular formula is C8H18N2. The number of nitrogens with zero attached hydrogens (tertiary/aromatic N) is 1. The second-order valence-corrected chi connectivity index (χ2v) is 3.25. The van der Waals surface area contributed by atoms with Gasteiger partial charge in [0.2, 0.25) is 0 Å². The summed E-state index contributed by atoms with van der Waals surface area (Å²) >= 11 is 0. The molecule has 1 aliphatic rings. The molecule has 2 nitrogen and oxygen atoms in total. The molecule has 0 aromatic rings. The minimum atomic E-state index is 0.861. The van der Waals surface area contributed by atoms with Gasteiger partial charge in [-0.3, -0.25) is 4.90 Å². The Hall–Kier alpha value is -0.0800. The first kappa shape index (κ1) is 8.02. The molecule has 1 N–H and O–H groups in total. The summed E-state index contributed by atoms with van der Waals surface area (Å²) in [6, 6.07) is 0. The Morgan fingerprint density at radius 2 is 2.40 bits per heavy atom. The third kappa shape index (κ3) is 2.27. The zero-order chi connectivity index (χ0) is 7.40. The Bertz CT molecular complexity index is 87.3. The van der Waals surface area contributed by atoms with Gasteiger partial charge in [0, 0.05) is 26.3 Å². The summed E-state index contributed by atoms with van der Waals surface area (Å²) in [7, 11) is 0. The van der Waals surface area contributed by atoms with Gasteiger partial charge in [0.05, 0.1) is 0 Å². The van der Waals surface area contributed by atoms with Crippen molar-refractivity contribution in [3.8, 4) is 0 Å². The number of nitrogens with one attached hydrogen (secondary N) is 1. The lowest BCUT2D eigenvalue weighted by molar-refractivity contribution is 0.281. The molecule has 1 rings (SSSR count). The Balaban J connectivity index is 2.11. The quantitative estimate of drug-likeness (QED) is 0.629. The van der Waals surface area contributed by atoms with Gasteiger partial charge < -0.3 is 5.32 Å². The smallest absolute Gasteiger partial charge is 0.0481 e. The van der Waals surface area contributed by atoms with Gasteiger partial charge in [0.1, 0.15) is 0 Å². The molecule has 2 heteroatoms. The molecule has 0 saturated carbocycles. The largest absolute Gasteiger partial charge is 0.303 e. The van der Waals surface area contributed by atoms with E-state index in [1.165, 1.54) is 26.1 Å². The normalized spacial score (nSPS) is 23.4. The number of hydrogen-bond donors (Lipinski definition) is 1. The Labute approximate surface area is 63.6 Å². The van der Waals surface area contributed by atoms with Gasteiger partial charge in [-0.2, -0.15) is 0 Å². The third-order valence-corrected chi connectivity index (χ3v) is 2.21. The van der Waals surface area contributed by atoms with Crippen molar-refractivity contribution in [2.24, 2.45) is 5.92 Å². The molecule has 1 fully saturated rings. The van der Waals surface area contributed by atoms with Crippen LogP contribution in [0.1, 0.15) is 20.3 Å². The molecule has 0 spiro atoms. The average Bonchev–Trinajstić information content (AvgIpc) is 2.40. The van der Waals surface area contributed by atoms with Crippen LogP contribution in [0.4, 0.5) is 0 Å². The van der Waals surface area contributed by atoms with Gasteiger partial charge >= 0.3 is 0 Å². The van der Waals surface area contributed by atoms with Gasteiger partial charge in [-0.25, -0.2) is 0 Å². The van der Waals surface area contributed by atoms with Gasteiger partial charge in [-0.1, -0.05) is 20.3 Å². The summed E-state index contributed by atoms with van der Waals surface area (Å²) in [6.07, 6.45) is 1.30. The van der Waals surface area contributed by atoms with Crippen LogP contribution in [-0.2, 0) is 0 Å². The van der Waals surface area contributed by atoms with E-state index in [-0.39, 0.29) is 0 Å². The molecule has 0 aromatic heterocycles. The van der Waals surface area contributed by atoms with E-state index in [0.29, 0.717) is 0 Å². The fourth-order valence-corrected chi connectivity index (χ4v) is 1.28. The van der Waals surface area contributed by atoms with Gasteiger partial charge in [-0.05, 0) is 5.92 Å². The predicted octanol–water partition coefficient (Wildman–Crippen LogP) is 0.895. The first-order valence-corrected chi connectivity index (χ1v) is 4.26. The lowest BCUT2D eigenvalue weighted by Crippen LogP contribution is -2.26. The third-order valence-electron chi connectivity index (χ3n) is 2.21. The van der Waals surface area contributed by atoms with Crippen molar-refractivity contribution >= 4 is 0 Å². The van der Waals surface area contributed by atoms with Crippen molar-refractivity contribution in [1.29, 1.82) is 0 Å². The molecule has 60 valence electrons. The van der Waals surface area contributed by atoms with E-state index >= 15 is 0 Å². The van der Waals surface area contributed by atoms with Gasteiger partial charge in [-0.15, -0.1) is 0 Å². The maximum atomic E-state index is 3.33. The highest BCUT2D eigenvalue weighted by molar-refractivity contribution is 4.67. The van der Waals surface area contributed by atoms with Crippen molar-refractivity contribution in [2.45, 2.75) is 20.3 Å². The molecule has 1 unspecified atom stereocenters. The topological polar surface area (TPSA) is 15.3 Å². The van der Waals surface area contributed by atoms with E-state index in [0.717, 1.165) is 12.6 Å². The lowest BCUT2D eigenvalue weighted by Gasteiger charge is -2.17. The van der Waals surface area contributed by atoms with Crippen molar-refractivity contribution < 1.29 is 0 Å². The number of rotatable bonds is 3. The maximum absolute atomic E-state index is 3.33. The van der Waals surface area contributed by atoms with Crippen LogP contribution < -0.4 is 5.32 Å². The second kappa shape index (κ2) is 3.94. The minimum absolute atomic E-state index is 0.861. The molecule has 0 aromatic carbocycles. The molecule has 1 aliphatic heterocycles. The fraction of sp³-hybridized carbons (Fsp3) is 1.00. The lowest BCUT2D eigenvalue weighted by atomic mass is 10.1. The molecule has 0 amide bonds. The van der Waals surface area contributed by atoms with Crippen LogP contribution in [0.3, 0.4) is 0 Å². The van der Waals surface area contributed by atoms with Gasteiger partial charge in [0.15, 0.2) is 0 Å².